The third-order valence-corrected chi connectivity index (χ3v) is 2.13. The largest absolute Gasteiger partial charge is 0.390 e. The lowest BCUT2D eigenvalue weighted by molar-refractivity contribution is 0.276. The molecule has 0 spiro atoms. The van der Waals surface area contributed by atoms with Gasteiger partial charge in [0.05, 0.1) is 12.3 Å². The Labute approximate surface area is 88.5 Å². The fourth-order valence-corrected chi connectivity index (χ4v) is 1.39. The molecule has 3 heteroatoms. The average Bonchev–Trinajstić information content (AvgIpc) is 2.31. The number of hydrogen-bond donors (Lipinski definition) is 1. The van der Waals surface area contributed by atoms with Crippen molar-refractivity contribution in [1.29, 1.82) is 0 Å². The van der Waals surface area contributed by atoms with Crippen LogP contribution in [0.5, 0.6) is 0 Å². The highest BCUT2D eigenvalue weighted by Crippen LogP contribution is 2.05. The maximum Gasteiger partial charge on any atom is 0.132 e. The molecule has 0 saturated heterocycles. The van der Waals surface area contributed by atoms with Crippen LogP contribution in [0.3, 0.4) is 0 Å². The number of nitrogens with zero attached hydrogens (tertiary/aromatic N) is 2. The number of benzene rings is 1. The molecule has 2 aromatic rings. The second kappa shape index (κ2) is 4.66. The zero-order chi connectivity index (χ0) is 10.5. The summed E-state index contributed by atoms with van der Waals surface area (Å²) in [6.45, 7) is -0.0374. The first-order chi connectivity index (χ1) is 7.38. The van der Waals surface area contributed by atoms with Gasteiger partial charge in [-0.05, 0) is 11.6 Å². The Hall–Kier alpha value is -1.74. The van der Waals surface area contributed by atoms with Gasteiger partial charge < -0.3 is 5.11 Å². The quantitative estimate of drug-likeness (QED) is 0.817. The molecule has 3 nitrogen and oxygen atoms in total. The van der Waals surface area contributed by atoms with Crippen LogP contribution in [0.25, 0.3) is 0 Å². The molecular formula is C12H12N2O. The van der Waals surface area contributed by atoms with E-state index in [1.165, 1.54) is 5.56 Å². The maximum atomic E-state index is 8.94. The average molecular weight is 200 g/mol. The van der Waals surface area contributed by atoms with Gasteiger partial charge in [0.2, 0.25) is 0 Å². The van der Waals surface area contributed by atoms with Crippen molar-refractivity contribution in [2.45, 2.75) is 13.0 Å². The van der Waals surface area contributed by atoms with E-state index >= 15 is 0 Å². The van der Waals surface area contributed by atoms with Crippen LogP contribution in [0.4, 0.5) is 0 Å². The van der Waals surface area contributed by atoms with Crippen molar-refractivity contribution in [3.8, 4) is 0 Å². The van der Waals surface area contributed by atoms with E-state index in [1.807, 2.05) is 30.3 Å². The van der Waals surface area contributed by atoms with Crippen LogP contribution >= 0.6 is 0 Å². The first-order valence-electron chi connectivity index (χ1n) is 4.84. The van der Waals surface area contributed by atoms with Gasteiger partial charge in [-0.15, -0.1) is 0 Å². The van der Waals surface area contributed by atoms with Crippen LogP contribution in [0, 0.1) is 0 Å². The zero-order valence-corrected chi connectivity index (χ0v) is 8.30. The lowest BCUT2D eigenvalue weighted by Gasteiger charge is -2.01. The number of aliphatic hydroxyl groups is 1. The second-order valence-corrected chi connectivity index (χ2v) is 3.28. The van der Waals surface area contributed by atoms with E-state index in [1.54, 1.807) is 12.3 Å². The molecule has 1 aromatic heterocycles. The molecule has 15 heavy (non-hydrogen) atoms. The summed E-state index contributed by atoms with van der Waals surface area (Å²) in [4.78, 5) is 8.39. The van der Waals surface area contributed by atoms with Gasteiger partial charge in [0.15, 0.2) is 0 Å². The molecule has 0 aliphatic carbocycles. The van der Waals surface area contributed by atoms with Crippen LogP contribution in [-0.2, 0) is 13.0 Å². The lowest BCUT2D eigenvalue weighted by Crippen LogP contribution is -1.99. The van der Waals surface area contributed by atoms with Gasteiger partial charge in [-0.3, -0.25) is 0 Å². The fourth-order valence-electron chi connectivity index (χ4n) is 1.39. The summed E-state index contributed by atoms with van der Waals surface area (Å²) >= 11 is 0. The van der Waals surface area contributed by atoms with Crippen molar-refractivity contribution < 1.29 is 5.11 Å². The highest BCUT2D eigenvalue weighted by molar-refractivity contribution is 5.19. The molecule has 0 unspecified atom stereocenters. The minimum Gasteiger partial charge on any atom is -0.390 e. The summed E-state index contributed by atoms with van der Waals surface area (Å²) in [7, 11) is 0. The van der Waals surface area contributed by atoms with E-state index in [9.17, 15) is 0 Å². The van der Waals surface area contributed by atoms with Crippen molar-refractivity contribution >= 4 is 0 Å². The highest BCUT2D eigenvalue weighted by Gasteiger charge is 1.99. The Balaban J connectivity index is 2.17. The Morgan fingerprint density at radius 1 is 1.07 bits per heavy atom. The van der Waals surface area contributed by atoms with Gasteiger partial charge in [0.1, 0.15) is 5.82 Å². The number of rotatable bonds is 3. The number of aliphatic hydroxyl groups excluding tert-OH is 1. The fraction of sp³-hybridized carbons (Fsp3) is 0.167. The number of aromatic nitrogens is 2. The molecule has 0 fully saturated rings. The summed E-state index contributed by atoms with van der Waals surface area (Å²) < 4.78 is 0. The Kier molecular flexibility index (Phi) is 3.05. The molecule has 0 aliphatic heterocycles. The highest BCUT2D eigenvalue weighted by atomic mass is 16.3. The van der Waals surface area contributed by atoms with E-state index < -0.39 is 0 Å². The Bertz CT molecular complexity index is 429. The lowest BCUT2D eigenvalue weighted by atomic mass is 10.1. The zero-order valence-electron chi connectivity index (χ0n) is 8.30. The summed E-state index contributed by atoms with van der Waals surface area (Å²) in [5.41, 5.74) is 1.84. The second-order valence-electron chi connectivity index (χ2n) is 3.28. The van der Waals surface area contributed by atoms with E-state index in [-0.39, 0.29) is 6.61 Å². The molecule has 0 radical (unpaired) electrons. The smallest absolute Gasteiger partial charge is 0.132 e. The van der Waals surface area contributed by atoms with Gasteiger partial charge in [-0.1, -0.05) is 30.3 Å². The van der Waals surface area contributed by atoms with Crippen LogP contribution in [0.15, 0.2) is 42.6 Å². The van der Waals surface area contributed by atoms with Gasteiger partial charge in [0.25, 0.3) is 0 Å². The van der Waals surface area contributed by atoms with E-state index in [4.69, 9.17) is 5.11 Å². The maximum absolute atomic E-state index is 8.94. The molecule has 1 heterocycles. The van der Waals surface area contributed by atoms with Crippen molar-refractivity contribution in [3.63, 3.8) is 0 Å². The van der Waals surface area contributed by atoms with Crippen molar-refractivity contribution in [2.24, 2.45) is 0 Å². The van der Waals surface area contributed by atoms with E-state index in [2.05, 4.69) is 9.97 Å². The van der Waals surface area contributed by atoms with Gasteiger partial charge >= 0.3 is 0 Å². The van der Waals surface area contributed by atoms with Crippen LogP contribution in [0.1, 0.15) is 17.1 Å². The predicted octanol–water partition coefficient (Wildman–Crippen LogP) is 1.56. The topological polar surface area (TPSA) is 46.0 Å². The van der Waals surface area contributed by atoms with E-state index in [0.29, 0.717) is 12.1 Å². The van der Waals surface area contributed by atoms with Crippen molar-refractivity contribution in [2.75, 3.05) is 0 Å². The minimum atomic E-state index is -0.0374. The molecule has 0 atom stereocenters. The molecule has 76 valence electrons. The predicted molar refractivity (Wildman–Crippen MR) is 57.2 cm³/mol. The monoisotopic (exact) mass is 200 g/mol. The van der Waals surface area contributed by atoms with Crippen LogP contribution < -0.4 is 0 Å². The third kappa shape index (κ3) is 2.60. The standard InChI is InChI=1S/C12H12N2O/c15-9-11-6-7-13-12(14-11)8-10-4-2-1-3-5-10/h1-7,15H,8-9H2. The third-order valence-electron chi connectivity index (χ3n) is 2.13. The van der Waals surface area contributed by atoms with Crippen LogP contribution in [-0.4, -0.2) is 15.1 Å². The van der Waals surface area contributed by atoms with Gasteiger partial charge in [0, 0.05) is 12.6 Å². The van der Waals surface area contributed by atoms with Gasteiger partial charge in [-0.2, -0.15) is 0 Å². The van der Waals surface area contributed by atoms with Crippen molar-refractivity contribution in [3.05, 3.63) is 59.7 Å². The van der Waals surface area contributed by atoms with Crippen LogP contribution in [0.2, 0.25) is 0 Å². The normalized spacial score (nSPS) is 10.2. The summed E-state index contributed by atoms with van der Waals surface area (Å²) in [6, 6.07) is 11.8. The molecule has 0 bridgehead atoms. The van der Waals surface area contributed by atoms with Gasteiger partial charge in [-0.25, -0.2) is 9.97 Å². The Morgan fingerprint density at radius 3 is 2.60 bits per heavy atom. The molecule has 0 saturated carbocycles. The summed E-state index contributed by atoms with van der Waals surface area (Å²) in [6.07, 6.45) is 2.38. The summed E-state index contributed by atoms with van der Waals surface area (Å²) in [5, 5.41) is 8.94. The number of hydrogen-bond acceptors (Lipinski definition) is 3. The SMILES string of the molecule is OCc1ccnc(Cc2ccccc2)n1. The van der Waals surface area contributed by atoms with E-state index in [0.717, 1.165) is 5.82 Å². The van der Waals surface area contributed by atoms with Crippen molar-refractivity contribution in [1.82, 2.24) is 9.97 Å². The molecule has 0 amide bonds. The summed E-state index contributed by atoms with van der Waals surface area (Å²) in [5.74, 6) is 0.743. The molecule has 1 N–H and O–H groups in total. The molecule has 1 aromatic carbocycles. The molecule has 2 rings (SSSR count). The first-order valence-corrected chi connectivity index (χ1v) is 4.84. The minimum absolute atomic E-state index is 0.0374. The Morgan fingerprint density at radius 2 is 1.87 bits per heavy atom. The molecular weight excluding hydrogens is 188 g/mol. The molecule has 0 aliphatic rings. The first kappa shape index (κ1) is 9.80.